The molecule has 1 aliphatic heterocycles. The Morgan fingerprint density at radius 3 is 2.76 bits per heavy atom. The lowest BCUT2D eigenvalue weighted by atomic mass is 9.95. The lowest BCUT2D eigenvalue weighted by Crippen LogP contribution is -2.52. The maximum absolute atomic E-state index is 11.9. The Morgan fingerprint density at radius 2 is 2.10 bits per heavy atom. The number of piperidine rings is 1. The summed E-state index contributed by atoms with van der Waals surface area (Å²) in [6, 6.07) is 4.79. The quantitative estimate of drug-likeness (QED) is 0.564. The van der Waals surface area contributed by atoms with E-state index in [1.807, 2.05) is 19.1 Å². The molecular weight excluding hydrogens is 368 g/mol. The number of nitrogens with one attached hydrogen (secondary N) is 2. The topological polar surface area (TPSA) is 79.1 Å². The van der Waals surface area contributed by atoms with Gasteiger partial charge in [0.05, 0.1) is 12.9 Å². The predicted molar refractivity (Wildman–Crippen MR) is 112 cm³/mol. The largest absolute Gasteiger partial charge is 0.469 e. The average Bonchev–Trinajstić information content (AvgIpc) is 3.47. The molecule has 2 heterocycles. The second-order valence-electron chi connectivity index (χ2n) is 8.59. The van der Waals surface area contributed by atoms with Gasteiger partial charge in [-0.05, 0) is 63.0 Å². The fourth-order valence-electron chi connectivity index (χ4n) is 5.08. The van der Waals surface area contributed by atoms with E-state index in [4.69, 9.17) is 14.1 Å². The van der Waals surface area contributed by atoms with Crippen LogP contribution in [0.5, 0.6) is 0 Å². The molecule has 7 heteroatoms. The number of guanidine groups is 1. The summed E-state index contributed by atoms with van der Waals surface area (Å²) < 4.78 is 10.6. The van der Waals surface area contributed by atoms with Gasteiger partial charge in [-0.15, -0.1) is 0 Å². The van der Waals surface area contributed by atoms with Crippen LogP contribution in [0.1, 0.15) is 51.2 Å². The number of amides is 1. The summed E-state index contributed by atoms with van der Waals surface area (Å²) in [5.41, 5.74) is 0. The van der Waals surface area contributed by atoms with E-state index in [2.05, 4.69) is 10.6 Å². The first-order chi connectivity index (χ1) is 14.2. The van der Waals surface area contributed by atoms with Gasteiger partial charge in [-0.3, -0.25) is 4.99 Å². The smallest absolute Gasteiger partial charge is 0.409 e. The second-order valence-corrected chi connectivity index (χ2v) is 8.59. The third-order valence-corrected chi connectivity index (χ3v) is 6.63. The maximum Gasteiger partial charge on any atom is 0.409 e. The summed E-state index contributed by atoms with van der Waals surface area (Å²) >= 11 is 0. The molecule has 160 valence electrons. The monoisotopic (exact) mass is 402 g/mol. The van der Waals surface area contributed by atoms with Crippen LogP contribution in [-0.4, -0.2) is 55.3 Å². The number of ether oxygens (including phenoxy) is 1. The van der Waals surface area contributed by atoms with Crippen molar-refractivity contribution in [1.29, 1.82) is 0 Å². The van der Waals surface area contributed by atoms with E-state index in [1.54, 1.807) is 11.2 Å². The molecule has 4 rings (SSSR count). The van der Waals surface area contributed by atoms with Gasteiger partial charge < -0.3 is 24.7 Å². The van der Waals surface area contributed by atoms with Crippen molar-refractivity contribution in [2.75, 3.05) is 26.2 Å². The molecule has 1 saturated heterocycles. The van der Waals surface area contributed by atoms with Crippen LogP contribution in [0.3, 0.4) is 0 Å². The van der Waals surface area contributed by atoms with E-state index in [0.29, 0.717) is 25.2 Å². The molecule has 1 amide bonds. The number of carbonyl (C=O) groups excluding carboxylic acids is 1. The van der Waals surface area contributed by atoms with Crippen molar-refractivity contribution >= 4 is 12.1 Å². The molecule has 1 aromatic rings. The maximum atomic E-state index is 11.9. The molecule has 2 N–H and O–H groups in total. The highest BCUT2D eigenvalue weighted by atomic mass is 16.6. The van der Waals surface area contributed by atoms with Crippen LogP contribution in [0.15, 0.2) is 27.8 Å². The fraction of sp³-hybridized carbons (Fsp3) is 0.727. The molecule has 2 aliphatic carbocycles. The predicted octanol–water partition coefficient (Wildman–Crippen LogP) is 3.17. The molecule has 3 aliphatic rings. The van der Waals surface area contributed by atoms with Gasteiger partial charge in [0, 0.05) is 38.1 Å². The third-order valence-electron chi connectivity index (χ3n) is 6.63. The number of hydrogen-bond acceptors (Lipinski definition) is 4. The van der Waals surface area contributed by atoms with E-state index >= 15 is 0 Å². The Labute approximate surface area is 173 Å². The van der Waals surface area contributed by atoms with Gasteiger partial charge in [0.2, 0.25) is 0 Å². The van der Waals surface area contributed by atoms with Crippen LogP contribution < -0.4 is 10.6 Å². The Morgan fingerprint density at radius 1 is 1.24 bits per heavy atom. The Hall–Kier alpha value is -2.18. The number of nitrogens with zero attached hydrogens (tertiary/aromatic N) is 2. The highest BCUT2D eigenvalue weighted by Crippen LogP contribution is 2.44. The highest BCUT2D eigenvalue weighted by Gasteiger charge is 2.40. The molecule has 2 saturated carbocycles. The van der Waals surface area contributed by atoms with E-state index in [0.717, 1.165) is 55.9 Å². The molecule has 0 radical (unpaired) electrons. The zero-order chi connectivity index (χ0) is 20.1. The average molecular weight is 403 g/mol. The first kappa shape index (κ1) is 20.1. The summed E-state index contributed by atoms with van der Waals surface area (Å²) in [5.74, 6) is 3.58. The summed E-state index contributed by atoms with van der Waals surface area (Å²) in [6.07, 6.45) is 9.52. The van der Waals surface area contributed by atoms with E-state index in [-0.39, 0.29) is 6.09 Å². The van der Waals surface area contributed by atoms with Crippen molar-refractivity contribution < 1.29 is 13.9 Å². The Bertz CT molecular complexity index is 682. The van der Waals surface area contributed by atoms with Crippen molar-refractivity contribution in [2.24, 2.45) is 16.8 Å². The van der Waals surface area contributed by atoms with Gasteiger partial charge in [0.15, 0.2) is 5.96 Å². The zero-order valence-corrected chi connectivity index (χ0v) is 17.4. The normalized spacial score (nSPS) is 27.3. The number of hydrogen-bond donors (Lipinski definition) is 2. The number of furan rings is 1. The fourth-order valence-corrected chi connectivity index (χ4v) is 5.08. The lowest BCUT2D eigenvalue weighted by molar-refractivity contribution is 0.0963. The van der Waals surface area contributed by atoms with Gasteiger partial charge in [-0.1, -0.05) is 6.42 Å². The second kappa shape index (κ2) is 9.55. The SMILES string of the molecule is CCOC(=O)N1CCC(NC(=NCCc2ccco2)NC2CC3CCC2C3)CC1. The van der Waals surface area contributed by atoms with Gasteiger partial charge in [0.25, 0.3) is 0 Å². The molecule has 1 aromatic heterocycles. The first-order valence-electron chi connectivity index (χ1n) is 11.2. The van der Waals surface area contributed by atoms with Crippen molar-refractivity contribution in [2.45, 2.75) is 64.0 Å². The van der Waals surface area contributed by atoms with Crippen LogP contribution in [0.2, 0.25) is 0 Å². The molecule has 0 aromatic carbocycles. The van der Waals surface area contributed by atoms with E-state index in [1.165, 1.54) is 25.7 Å². The summed E-state index contributed by atoms with van der Waals surface area (Å²) in [6.45, 7) is 4.43. The van der Waals surface area contributed by atoms with Crippen LogP contribution in [0, 0.1) is 11.8 Å². The van der Waals surface area contributed by atoms with Gasteiger partial charge in [-0.2, -0.15) is 0 Å². The minimum absolute atomic E-state index is 0.196. The van der Waals surface area contributed by atoms with Gasteiger partial charge >= 0.3 is 6.09 Å². The number of likely N-dealkylation sites (tertiary alicyclic amines) is 1. The van der Waals surface area contributed by atoms with Crippen molar-refractivity contribution in [1.82, 2.24) is 15.5 Å². The number of rotatable bonds is 6. The standard InChI is InChI=1S/C22H34N4O3/c1-2-28-22(27)26-11-8-18(9-12-26)24-21(23-10-7-19-4-3-13-29-19)25-20-15-16-5-6-17(20)14-16/h3-4,13,16-18,20H,2,5-12,14-15H2,1H3,(H2,23,24,25). The highest BCUT2D eigenvalue weighted by molar-refractivity contribution is 5.80. The zero-order valence-electron chi connectivity index (χ0n) is 17.4. The van der Waals surface area contributed by atoms with E-state index < -0.39 is 0 Å². The van der Waals surface area contributed by atoms with Gasteiger partial charge in [0.1, 0.15) is 5.76 Å². The van der Waals surface area contributed by atoms with Gasteiger partial charge in [-0.25, -0.2) is 4.79 Å². The summed E-state index contributed by atoms with van der Waals surface area (Å²) in [7, 11) is 0. The van der Waals surface area contributed by atoms with E-state index in [9.17, 15) is 4.79 Å². The van der Waals surface area contributed by atoms with Crippen LogP contribution >= 0.6 is 0 Å². The molecule has 29 heavy (non-hydrogen) atoms. The lowest BCUT2D eigenvalue weighted by Gasteiger charge is -2.33. The van der Waals surface area contributed by atoms with Crippen molar-refractivity contribution in [3.05, 3.63) is 24.2 Å². The van der Waals surface area contributed by atoms with Crippen LogP contribution in [-0.2, 0) is 11.2 Å². The molecule has 7 nitrogen and oxygen atoms in total. The third kappa shape index (κ3) is 5.25. The number of fused-ring (bicyclic) bond motifs is 2. The van der Waals surface area contributed by atoms with Crippen LogP contribution in [0.4, 0.5) is 4.79 Å². The minimum Gasteiger partial charge on any atom is -0.469 e. The number of aliphatic imine (C=N–C) groups is 1. The first-order valence-corrected chi connectivity index (χ1v) is 11.2. The molecule has 3 atom stereocenters. The molecule has 2 bridgehead atoms. The van der Waals surface area contributed by atoms with Crippen molar-refractivity contribution in [3.8, 4) is 0 Å². The summed E-state index contributed by atoms with van der Waals surface area (Å²) in [5, 5.41) is 7.38. The molecule has 0 spiro atoms. The molecule has 3 unspecified atom stereocenters. The van der Waals surface area contributed by atoms with Crippen molar-refractivity contribution in [3.63, 3.8) is 0 Å². The number of carbonyl (C=O) groups is 1. The summed E-state index contributed by atoms with van der Waals surface area (Å²) in [4.78, 5) is 18.6. The molecular formula is C22H34N4O3. The van der Waals surface area contributed by atoms with Crippen LogP contribution in [0.25, 0.3) is 0 Å². The Balaban J connectivity index is 1.31. The Kier molecular flexibility index (Phi) is 6.62. The molecule has 3 fully saturated rings. The minimum atomic E-state index is -0.196.